The Hall–Kier alpha value is -3.35. The molecule has 2 amide bonds. The Balaban J connectivity index is 2.00. The normalized spacial score (nSPS) is 11.0. The zero-order valence-electron chi connectivity index (χ0n) is 14.1. The Morgan fingerprint density at radius 2 is 1.46 bits per heavy atom. The molecule has 134 valence electrons. The molecule has 0 saturated carbocycles. The standard InChI is InChI=1S/C19H16F2N2O3/c1-11(9-18(25)22-15-7-8-16(20)17(21)10-15)19(26)23-14-5-3-13(4-6-14)12(2)24/h3-10H,1-2H3,(H,22,25)(H,23,26)/b11-9-. The number of carbonyl (C=O) groups excluding carboxylic acids is 3. The monoisotopic (exact) mass is 358 g/mol. The molecule has 2 aromatic carbocycles. The number of amides is 2. The van der Waals surface area contributed by atoms with Gasteiger partial charge in [0.05, 0.1) is 0 Å². The van der Waals surface area contributed by atoms with Crippen molar-refractivity contribution in [3.05, 3.63) is 71.3 Å². The third kappa shape index (κ3) is 5.07. The molecule has 0 fully saturated rings. The molecule has 0 aromatic heterocycles. The molecule has 0 atom stereocenters. The van der Waals surface area contributed by atoms with E-state index in [0.29, 0.717) is 11.3 Å². The van der Waals surface area contributed by atoms with Crippen LogP contribution in [0.3, 0.4) is 0 Å². The van der Waals surface area contributed by atoms with Gasteiger partial charge >= 0.3 is 0 Å². The maximum absolute atomic E-state index is 13.1. The first-order valence-corrected chi connectivity index (χ1v) is 7.63. The van der Waals surface area contributed by atoms with Crippen LogP contribution in [-0.4, -0.2) is 17.6 Å². The van der Waals surface area contributed by atoms with Crippen LogP contribution in [0.2, 0.25) is 0 Å². The number of hydrogen-bond donors (Lipinski definition) is 2. The van der Waals surface area contributed by atoms with E-state index < -0.39 is 23.4 Å². The predicted octanol–water partition coefficient (Wildman–Crippen LogP) is 3.69. The molecule has 0 bridgehead atoms. The molecule has 0 spiro atoms. The van der Waals surface area contributed by atoms with Crippen molar-refractivity contribution in [2.24, 2.45) is 0 Å². The molecule has 2 aromatic rings. The Bertz CT molecular complexity index is 890. The summed E-state index contributed by atoms with van der Waals surface area (Å²) in [5.41, 5.74) is 1.16. The maximum Gasteiger partial charge on any atom is 0.251 e. The third-order valence-corrected chi connectivity index (χ3v) is 3.44. The molecule has 0 radical (unpaired) electrons. The SMILES string of the molecule is CC(=O)c1ccc(NC(=O)/C(C)=C\C(=O)Nc2ccc(F)c(F)c2)cc1. The summed E-state index contributed by atoms with van der Waals surface area (Å²) in [5.74, 6) is -3.37. The van der Waals surface area contributed by atoms with E-state index in [1.165, 1.54) is 19.9 Å². The Morgan fingerprint density at radius 1 is 0.846 bits per heavy atom. The Morgan fingerprint density at radius 3 is 2.04 bits per heavy atom. The van der Waals surface area contributed by atoms with Gasteiger partial charge in [-0.1, -0.05) is 0 Å². The second kappa shape index (κ2) is 8.15. The molecule has 2 N–H and O–H groups in total. The summed E-state index contributed by atoms with van der Waals surface area (Å²) in [6.07, 6.45) is 1.04. The van der Waals surface area contributed by atoms with E-state index in [2.05, 4.69) is 10.6 Å². The number of nitrogens with one attached hydrogen (secondary N) is 2. The van der Waals surface area contributed by atoms with Crippen molar-refractivity contribution in [3.63, 3.8) is 0 Å². The molecule has 5 nitrogen and oxygen atoms in total. The van der Waals surface area contributed by atoms with Crippen molar-refractivity contribution in [1.29, 1.82) is 0 Å². The van der Waals surface area contributed by atoms with Crippen LogP contribution in [0.15, 0.2) is 54.1 Å². The highest BCUT2D eigenvalue weighted by molar-refractivity contribution is 6.10. The fraction of sp³-hybridized carbons (Fsp3) is 0.105. The number of anilines is 2. The fourth-order valence-corrected chi connectivity index (χ4v) is 2.03. The lowest BCUT2D eigenvalue weighted by Gasteiger charge is -2.07. The molecule has 2 rings (SSSR count). The average Bonchev–Trinajstić information content (AvgIpc) is 2.58. The molecule has 7 heteroatoms. The van der Waals surface area contributed by atoms with Gasteiger partial charge < -0.3 is 10.6 Å². The van der Waals surface area contributed by atoms with Crippen LogP contribution in [-0.2, 0) is 9.59 Å². The molecule has 0 aliphatic heterocycles. The van der Waals surface area contributed by atoms with Crippen LogP contribution in [0.25, 0.3) is 0 Å². The van der Waals surface area contributed by atoms with E-state index in [9.17, 15) is 23.2 Å². The van der Waals surface area contributed by atoms with Gasteiger partial charge in [0.25, 0.3) is 5.91 Å². The van der Waals surface area contributed by atoms with Gasteiger partial charge in [-0.05, 0) is 50.2 Å². The van der Waals surface area contributed by atoms with E-state index in [1.54, 1.807) is 24.3 Å². The fourth-order valence-electron chi connectivity index (χ4n) is 2.03. The number of rotatable bonds is 5. The van der Waals surface area contributed by atoms with Gasteiger partial charge in [-0.2, -0.15) is 0 Å². The van der Waals surface area contributed by atoms with Crippen molar-refractivity contribution >= 4 is 29.0 Å². The smallest absolute Gasteiger partial charge is 0.251 e. The minimum atomic E-state index is -1.09. The summed E-state index contributed by atoms with van der Waals surface area (Å²) < 4.78 is 26.0. The zero-order valence-corrected chi connectivity index (χ0v) is 14.1. The van der Waals surface area contributed by atoms with Gasteiger partial charge in [0.1, 0.15) is 0 Å². The number of hydrogen-bond acceptors (Lipinski definition) is 3. The van der Waals surface area contributed by atoms with Crippen LogP contribution in [0.1, 0.15) is 24.2 Å². The van der Waals surface area contributed by atoms with E-state index in [4.69, 9.17) is 0 Å². The first-order chi connectivity index (χ1) is 12.3. The molecular formula is C19H16F2N2O3. The maximum atomic E-state index is 13.1. The highest BCUT2D eigenvalue weighted by Crippen LogP contribution is 2.14. The van der Waals surface area contributed by atoms with Crippen LogP contribution in [0.4, 0.5) is 20.2 Å². The summed E-state index contributed by atoms with van der Waals surface area (Å²) in [5, 5.41) is 4.93. The van der Waals surface area contributed by atoms with Crippen LogP contribution >= 0.6 is 0 Å². The summed E-state index contributed by atoms with van der Waals surface area (Å²) in [4.78, 5) is 35.2. The molecule has 0 aliphatic rings. The average molecular weight is 358 g/mol. The number of benzene rings is 2. The Labute approximate surface area is 148 Å². The van der Waals surface area contributed by atoms with Crippen molar-refractivity contribution in [1.82, 2.24) is 0 Å². The van der Waals surface area contributed by atoms with Gasteiger partial charge in [-0.3, -0.25) is 14.4 Å². The second-order valence-corrected chi connectivity index (χ2v) is 5.53. The van der Waals surface area contributed by atoms with Crippen LogP contribution < -0.4 is 10.6 Å². The highest BCUT2D eigenvalue weighted by atomic mass is 19.2. The van der Waals surface area contributed by atoms with Gasteiger partial charge in [0, 0.05) is 34.7 Å². The molecule has 0 unspecified atom stereocenters. The van der Waals surface area contributed by atoms with E-state index in [1.807, 2.05) is 0 Å². The number of carbonyl (C=O) groups is 3. The lowest BCUT2D eigenvalue weighted by molar-refractivity contribution is -0.114. The highest BCUT2D eigenvalue weighted by Gasteiger charge is 2.09. The van der Waals surface area contributed by atoms with Gasteiger partial charge in [-0.25, -0.2) is 8.78 Å². The Kier molecular flexibility index (Phi) is 5.95. The first kappa shape index (κ1) is 19.0. The zero-order chi connectivity index (χ0) is 19.3. The van der Waals surface area contributed by atoms with Crippen molar-refractivity contribution in [3.8, 4) is 0 Å². The molecule has 0 aliphatic carbocycles. The number of halogens is 2. The lowest BCUT2D eigenvalue weighted by Crippen LogP contribution is -2.16. The topological polar surface area (TPSA) is 75.3 Å². The number of ketones is 1. The molecular weight excluding hydrogens is 342 g/mol. The predicted molar refractivity (Wildman–Crippen MR) is 93.8 cm³/mol. The summed E-state index contributed by atoms with van der Waals surface area (Å²) >= 11 is 0. The van der Waals surface area contributed by atoms with Gasteiger partial charge in [0.2, 0.25) is 5.91 Å². The lowest BCUT2D eigenvalue weighted by atomic mass is 10.1. The molecule has 0 heterocycles. The van der Waals surface area contributed by atoms with Crippen molar-refractivity contribution < 1.29 is 23.2 Å². The minimum absolute atomic E-state index is 0.0678. The van der Waals surface area contributed by atoms with Gasteiger partial charge in [0.15, 0.2) is 17.4 Å². The third-order valence-electron chi connectivity index (χ3n) is 3.44. The largest absolute Gasteiger partial charge is 0.322 e. The molecule has 0 saturated heterocycles. The quantitative estimate of drug-likeness (QED) is 0.632. The minimum Gasteiger partial charge on any atom is -0.322 e. The van der Waals surface area contributed by atoms with E-state index >= 15 is 0 Å². The van der Waals surface area contributed by atoms with Gasteiger partial charge in [-0.15, -0.1) is 0 Å². The summed E-state index contributed by atoms with van der Waals surface area (Å²) in [6.45, 7) is 2.87. The second-order valence-electron chi connectivity index (χ2n) is 5.53. The van der Waals surface area contributed by atoms with Crippen LogP contribution in [0, 0.1) is 11.6 Å². The summed E-state index contributed by atoms with van der Waals surface area (Å²) in [7, 11) is 0. The first-order valence-electron chi connectivity index (χ1n) is 7.63. The summed E-state index contributed by atoms with van der Waals surface area (Å²) in [6, 6.07) is 9.23. The number of Topliss-reactive ketones (excluding diaryl/α,β-unsaturated/α-hetero) is 1. The molecule has 26 heavy (non-hydrogen) atoms. The van der Waals surface area contributed by atoms with Crippen molar-refractivity contribution in [2.75, 3.05) is 10.6 Å². The van der Waals surface area contributed by atoms with E-state index in [-0.39, 0.29) is 17.0 Å². The van der Waals surface area contributed by atoms with Crippen LogP contribution in [0.5, 0.6) is 0 Å². The van der Waals surface area contributed by atoms with Crippen molar-refractivity contribution in [2.45, 2.75) is 13.8 Å². The van der Waals surface area contributed by atoms with E-state index in [0.717, 1.165) is 18.2 Å².